The number of primary amides is 1. The Bertz CT molecular complexity index is 92.9. The van der Waals surface area contributed by atoms with Crippen molar-refractivity contribution in [2.24, 2.45) is 11.0 Å². The van der Waals surface area contributed by atoms with Crippen LogP contribution in [0.4, 0.5) is 4.79 Å². The SMILES string of the molecule is NC(=O)N(Cl)N=O. The Labute approximate surface area is 44.1 Å². The quantitative estimate of drug-likeness (QED) is 0.307. The zero-order chi connectivity index (χ0) is 5.86. The van der Waals surface area contributed by atoms with E-state index in [0.29, 0.717) is 0 Å². The first-order valence-corrected chi connectivity index (χ1v) is 1.61. The second-order valence-corrected chi connectivity index (χ2v) is 1.00. The van der Waals surface area contributed by atoms with Gasteiger partial charge in [0.1, 0.15) is 0 Å². The molecule has 0 radical (unpaired) electrons. The Kier molecular flexibility index (Phi) is 2.07. The van der Waals surface area contributed by atoms with E-state index in [2.05, 4.69) is 17.5 Å². The highest BCUT2D eigenvalue weighted by Gasteiger charge is 2.01. The molecule has 7 heavy (non-hydrogen) atoms. The van der Waals surface area contributed by atoms with Gasteiger partial charge in [-0.15, -0.1) is 4.91 Å². The molecule has 40 valence electrons. The molecule has 2 N–H and O–H groups in total. The van der Waals surface area contributed by atoms with Gasteiger partial charge in [-0.3, -0.25) is 0 Å². The number of amides is 2. The predicted molar refractivity (Wildman–Crippen MR) is 23.1 cm³/mol. The third-order valence-electron chi connectivity index (χ3n) is 0.254. The summed E-state index contributed by atoms with van der Waals surface area (Å²) < 4.78 is -0.0278. The zero-order valence-corrected chi connectivity index (χ0v) is 3.92. The van der Waals surface area contributed by atoms with Crippen molar-refractivity contribution >= 4 is 17.8 Å². The molecular weight excluding hydrogens is 121 g/mol. The minimum absolute atomic E-state index is 0.0278. The summed E-state index contributed by atoms with van der Waals surface area (Å²) in [5.41, 5.74) is 4.41. The minimum atomic E-state index is -1.09. The number of nitrogens with two attached hydrogens (primary N) is 1. The zero-order valence-electron chi connectivity index (χ0n) is 3.17. The summed E-state index contributed by atoms with van der Waals surface area (Å²) >= 11 is 4.68. The van der Waals surface area contributed by atoms with E-state index in [1.165, 1.54) is 0 Å². The fourth-order valence-electron chi connectivity index (χ4n) is 0.0402. The van der Waals surface area contributed by atoms with E-state index in [9.17, 15) is 9.70 Å². The van der Waals surface area contributed by atoms with Gasteiger partial charge in [0, 0.05) is 11.8 Å². The maximum atomic E-state index is 9.65. The number of halogens is 1. The molecule has 0 aromatic heterocycles. The standard InChI is InChI=1S/CH2ClN3O2/c2-5(4-7)1(3)6/h(H2,3,6). The van der Waals surface area contributed by atoms with Crippen LogP contribution in [-0.2, 0) is 0 Å². The van der Waals surface area contributed by atoms with Crippen LogP contribution in [0, 0.1) is 4.91 Å². The molecule has 0 fully saturated rings. The number of carbonyl (C=O) groups is 1. The summed E-state index contributed by atoms with van der Waals surface area (Å²) in [6, 6.07) is -1.09. The lowest BCUT2D eigenvalue weighted by Gasteiger charge is -1.92. The summed E-state index contributed by atoms with van der Waals surface area (Å²) in [6.07, 6.45) is 0. The molecule has 2 amide bonds. The first-order chi connectivity index (χ1) is 3.18. The molecule has 0 saturated heterocycles. The molecule has 6 heteroatoms. The second-order valence-electron chi connectivity index (χ2n) is 0.680. The highest BCUT2D eigenvalue weighted by atomic mass is 35.5. The third kappa shape index (κ3) is 1.94. The van der Waals surface area contributed by atoms with Gasteiger partial charge in [-0.05, 0) is 0 Å². The maximum absolute atomic E-state index is 9.65. The lowest BCUT2D eigenvalue weighted by Crippen LogP contribution is -2.21. The monoisotopic (exact) mass is 123 g/mol. The van der Waals surface area contributed by atoms with E-state index in [4.69, 9.17) is 0 Å². The van der Waals surface area contributed by atoms with Crippen molar-refractivity contribution in [1.82, 2.24) is 4.53 Å². The summed E-state index contributed by atoms with van der Waals surface area (Å²) in [7, 11) is 0. The number of nitroso groups, excluding NO2 is 1. The van der Waals surface area contributed by atoms with Crippen LogP contribution in [-0.4, -0.2) is 10.6 Å². The van der Waals surface area contributed by atoms with Crippen molar-refractivity contribution < 1.29 is 4.79 Å². The molecule has 0 spiro atoms. The van der Waals surface area contributed by atoms with Gasteiger partial charge in [0.25, 0.3) is 0 Å². The van der Waals surface area contributed by atoms with Crippen molar-refractivity contribution in [3.05, 3.63) is 4.91 Å². The molecule has 0 aliphatic carbocycles. The lowest BCUT2D eigenvalue weighted by atomic mass is 11.2. The number of nitrogens with zero attached hydrogens (tertiary/aromatic N) is 2. The Balaban J connectivity index is 3.55. The van der Waals surface area contributed by atoms with Gasteiger partial charge in [0.05, 0.1) is 5.29 Å². The van der Waals surface area contributed by atoms with Gasteiger partial charge >= 0.3 is 6.03 Å². The average Bonchev–Trinajstić information content (AvgIpc) is 1.65. The molecule has 5 nitrogen and oxygen atoms in total. The Hall–Kier alpha value is -0.840. The van der Waals surface area contributed by atoms with Gasteiger partial charge in [0.2, 0.25) is 0 Å². The summed E-state index contributed by atoms with van der Waals surface area (Å²) in [5.74, 6) is 0. The molecular formula is CH2ClN3O2. The van der Waals surface area contributed by atoms with Gasteiger partial charge in [-0.1, -0.05) is 4.53 Å². The van der Waals surface area contributed by atoms with Crippen molar-refractivity contribution in [3.8, 4) is 0 Å². The first kappa shape index (κ1) is 6.16. The van der Waals surface area contributed by atoms with Crippen LogP contribution in [0.15, 0.2) is 5.29 Å². The first-order valence-electron chi connectivity index (χ1n) is 1.27. The van der Waals surface area contributed by atoms with Crippen molar-refractivity contribution in [2.45, 2.75) is 0 Å². The van der Waals surface area contributed by atoms with Crippen LogP contribution < -0.4 is 5.73 Å². The van der Waals surface area contributed by atoms with Crippen LogP contribution >= 0.6 is 11.8 Å². The minimum Gasteiger partial charge on any atom is -0.349 e. The van der Waals surface area contributed by atoms with E-state index >= 15 is 0 Å². The van der Waals surface area contributed by atoms with Crippen molar-refractivity contribution in [2.75, 3.05) is 0 Å². The van der Waals surface area contributed by atoms with Gasteiger partial charge in [0.15, 0.2) is 0 Å². The number of carbonyl (C=O) groups excluding carboxylic acids is 1. The van der Waals surface area contributed by atoms with E-state index in [0.717, 1.165) is 0 Å². The largest absolute Gasteiger partial charge is 0.353 e. The number of hydrogen-bond acceptors (Lipinski definition) is 3. The number of hydrogen-bond donors (Lipinski definition) is 1. The molecule has 0 aromatic carbocycles. The Morgan fingerprint density at radius 3 is 2.29 bits per heavy atom. The second kappa shape index (κ2) is 2.35. The number of rotatable bonds is 1. The lowest BCUT2D eigenvalue weighted by molar-refractivity contribution is 0.234. The van der Waals surface area contributed by atoms with Crippen LogP contribution in [0.3, 0.4) is 0 Å². The van der Waals surface area contributed by atoms with Crippen molar-refractivity contribution in [3.63, 3.8) is 0 Å². The molecule has 0 heterocycles. The smallest absolute Gasteiger partial charge is 0.349 e. The Morgan fingerprint density at radius 2 is 2.29 bits per heavy atom. The van der Waals surface area contributed by atoms with E-state index < -0.39 is 6.03 Å². The topological polar surface area (TPSA) is 75.8 Å². The predicted octanol–water partition coefficient (Wildman–Crippen LogP) is 0.202. The Morgan fingerprint density at radius 1 is 1.86 bits per heavy atom. The average molecular weight is 123 g/mol. The number of urea groups is 1. The fourth-order valence-corrected chi connectivity index (χ4v) is 0.0402. The van der Waals surface area contributed by atoms with Crippen LogP contribution in [0.25, 0.3) is 0 Å². The van der Waals surface area contributed by atoms with E-state index in [-0.39, 0.29) is 4.53 Å². The van der Waals surface area contributed by atoms with Crippen LogP contribution in [0.2, 0.25) is 0 Å². The molecule has 0 unspecified atom stereocenters. The van der Waals surface area contributed by atoms with E-state index in [1.807, 2.05) is 5.29 Å². The maximum Gasteiger partial charge on any atom is 0.353 e. The van der Waals surface area contributed by atoms with Crippen LogP contribution in [0.1, 0.15) is 0 Å². The molecule has 0 atom stereocenters. The molecule has 0 bridgehead atoms. The van der Waals surface area contributed by atoms with Gasteiger partial charge in [-0.25, -0.2) is 4.79 Å². The third-order valence-corrected chi connectivity index (χ3v) is 0.482. The van der Waals surface area contributed by atoms with Gasteiger partial charge < -0.3 is 5.73 Å². The molecule has 0 saturated carbocycles. The highest BCUT2D eigenvalue weighted by Crippen LogP contribution is 1.89. The normalized spacial score (nSPS) is 7.57. The summed E-state index contributed by atoms with van der Waals surface area (Å²) in [4.78, 5) is 18.8. The van der Waals surface area contributed by atoms with Crippen molar-refractivity contribution in [1.29, 1.82) is 0 Å². The fraction of sp³-hybridized carbons (Fsp3) is 0. The highest BCUT2D eigenvalue weighted by molar-refractivity contribution is 6.20. The molecule has 0 aromatic rings. The summed E-state index contributed by atoms with van der Waals surface area (Å²) in [5, 5.41) is 1.96. The molecule has 0 aliphatic heterocycles. The molecule has 0 rings (SSSR count). The summed E-state index contributed by atoms with van der Waals surface area (Å²) in [6.45, 7) is 0. The van der Waals surface area contributed by atoms with E-state index in [1.54, 1.807) is 0 Å². The molecule has 0 aliphatic rings. The van der Waals surface area contributed by atoms with Gasteiger partial charge in [-0.2, -0.15) is 0 Å². The van der Waals surface area contributed by atoms with Crippen LogP contribution in [0.5, 0.6) is 0 Å².